The molecule has 2 N–H and O–H groups in total. The molecule has 4 unspecified atom stereocenters. The van der Waals surface area contributed by atoms with Crippen molar-refractivity contribution in [2.75, 3.05) is 0 Å². The van der Waals surface area contributed by atoms with Gasteiger partial charge in [-0.3, -0.25) is 0 Å². The van der Waals surface area contributed by atoms with Gasteiger partial charge in [0.1, 0.15) is 0 Å². The van der Waals surface area contributed by atoms with Crippen molar-refractivity contribution in [3.05, 3.63) is 34.9 Å². The summed E-state index contributed by atoms with van der Waals surface area (Å²) < 4.78 is 0. The van der Waals surface area contributed by atoms with Crippen molar-refractivity contribution in [2.45, 2.75) is 63.8 Å². The van der Waals surface area contributed by atoms with Gasteiger partial charge in [0.2, 0.25) is 0 Å². The quantitative estimate of drug-likeness (QED) is 0.865. The summed E-state index contributed by atoms with van der Waals surface area (Å²) in [6, 6.07) is 7.35. The Morgan fingerprint density at radius 3 is 2.65 bits per heavy atom. The Bertz CT molecular complexity index is 493. The Balaban J connectivity index is 1.46. The summed E-state index contributed by atoms with van der Waals surface area (Å²) in [5, 5.41) is 0. The molecular weight excluding hydrogens is 242 g/mol. The summed E-state index contributed by atoms with van der Waals surface area (Å²) in [7, 11) is 0. The van der Waals surface area contributed by atoms with Gasteiger partial charge in [-0.2, -0.15) is 0 Å². The number of hydrogen-bond acceptors (Lipinski definition) is 1. The molecule has 1 heteroatoms. The molecule has 20 heavy (non-hydrogen) atoms. The van der Waals surface area contributed by atoms with Crippen molar-refractivity contribution in [3.8, 4) is 0 Å². The normalized spacial score (nSPS) is 33.1. The minimum atomic E-state index is 0.270. The molecule has 4 atom stereocenters. The molecule has 2 saturated carbocycles. The molecule has 108 valence electrons. The average Bonchev–Trinajstić information content (AvgIpc) is 3.09. The van der Waals surface area contributed by atoms with Crippen LogP contribution in [0.15, 0.2) is 18.2 Å². The van der Waals surface area contributed by atoms with E-state index in [9.17, 15) is 0 Å². The zero-order valence-electron chi connectivity index (χ0n) is 12.5. The third kappa shape index (κ3) is 2.30. The molecule has 3 aliphatic carbocycles. The minimum absolute atomic E-state index is 0.270. The number of benzene rings is 1. The second kappa shape index (κ2) is 5.18. The molecule has 2 fully saturated rings. The number of rotatable bonds is 3. The largest absolute Gasteiger partial charge is 0.324 e. The van der Waals surface area contributed by atoms with Crippen molar-refractivity contribution in [1.29, 1.82) is 0 Å². The lowest BCUT2D eigenvalue weighted by atomic mass is 9.82. The fourth-order valence-electron chi connectivity index (χ4n) is 5.11. The first-order valence-corrected chi connectivity index (χ1v) is 8.67. The monoisotopic (exact) mass is 269 g/mol. The Morgan fingerprint density at radius 1 is 1.05 bits per heavy atom. The summed E-state index contributed by atoms with van der Waals surface area (Å²) in [6.45, 7) is 0. The highest BCUT2D eigenvalue weighted by Gasteiger charge is 2.39. The van der Waals surface area contributed by atoms with Gasteiger partial charge in [0.05, 0.1) is 0 Å². The fraction of sp³-hybridized carbons (Fsp3) is 0.684. The topological polar surface area (TPSA) is 26.0 Å². The Morgan fingerprint density at radius 2 is 1.90 bits per heavy atom. The van der Waals surface area contributed by atoms with E-state index in [4.69, 9.17) is 5.73 Å². The zero-order valence-corrected chi connectivity index (χ0v) is 12.5. The first-order chi connectivity index (χ1) is 9.79. The highest BCUT2D eigenvalue weighted by molar-refractivity contribution is 5.35. The van der Waals surface area contributed by atoms with Gasteiger partial charge in [0.15, 0.2) is 0 Å². The molecule has 3 aliphatic rings. The highest BCUT2D eigenvalue weighted by Crippen LogP contribution is 2.50. The summed E-state index contributed by atoms with van der Waals surface area (Å²) in [5.74, 6) is 2.96. The van der Waals surface area contributed by atoms with E-state index in [1.54, 1.807) is 11.1 Å². The van der Waals surface area contributed by atoms with E-state index >= 15 is 0 Å². The number of fused-ring (bicyclic) bond motifs is 3. The lowest BCUT2D eigenvalue weighted by Crippen LogP contribution is -2.20. The van der Waals surface area contributed by atoms with Crippen LogP contribution in [0.3, 0.4) is 0 Å². The molecule has 4 rings (SSSR count). The van der Waals surface area contributed by atoms with Gasteiger partial charge in [-0.1, -0.05) is 24.6 Å². The molecule has 0 spiro atoms. The van der Waals surface area contributed by atoms with Crippen LogP contribution in [-0.4, -0.2) is 0 Å². The van der Waals surface area contributed by atoms with Crippen LogP contribution in [0.2, 0.25) is 0 Å². The predicted molar refractivity (Wildman–Crippen MR) is 83.6 cm³/mol. The fourth-order valence-corrected chi connectivity index (χ4v) is 5.11. The van der Waals surface area contributed by atoms with Crippen LogP contribution in [0.1, 0.15) is 67.7 Å². The second-order valence-corrected chi connectivity index (χ2v) is 7.51. The van der Waals surface area contributed by atoms with Gasteiger partial charge in [-0.05, 0) is 85.8 Å². The van der Waals surface area contributed by atoms with Crippen molar-refractivity contribution in [2.24, 2.45) is 23.5 Å². The van der Waals surface area contributed by atoms with Crippen LogP contribution >= 0.6 is 0 Å². The third-order valence-electron chi connectivity index (χ3n) is 6.24. The van der Waals surface area contributed by atoms with Crippen LogP contribution in [0.5, 0.6) is 0 Å². The molecule has 0 saturated heterocycles. The van der Waals surface area contributed by atoms with Gasteiger partial charge >= 0.3 is 0 Å². The minimum Gasteiger partial charge on any atom is -0.324 e. The number of aryl methyl sites for hydroxylation is 2. The first-order valence-electron chi connectivity index (χ1n) is 8.67. The molecule has 1 aromatic rings. The van der Waals surface area contributed by atoms with Crippen molar-refractivity contribution >= 4 is 0 Å². The van der Waals surface area contributed by atoms with Gasteiger partial charge in [-0.25, -0.2) is 0 Å². The van der Waals surface area contributed by atoms with Crippen molar-refractivity contribution < 1.29 is 0 Å². The van der Waals surface area contributed by atoms with E-state index in [0.29, 0.717) is 0 Å². The SMILES string of the molecule is NC(CC1CC2CCC1C2)c1ccc2c(c1)CCCC2. The number of nitrogens with two attached hydrogens (primary N) is 1. The molecule has 0 amide bonds. The van der Waals surface area contributed by atoms with E-state index in [1.165, 1.54) is 63.4 Å². The van der Waals surface area contributed by atoms with Crippen LogP contribution in [0.25, 0.3) is 0 Å². The van der Waals surface area contributed by atoms with Gasteiger partial charge in [0, 0.05) is 6.04 Å². The summed E-state index contributed by atoms with van der Waals surface area (Å²) >= 11 is 0. The smallest absolute Gasteiger partial charge is 0.0297 e. The van der Waals surface area contributed by atoms with E-state index in [-0.39, 0.29) is 6.04 Å². The Kier molecular flexibility index (Phi) is 3.34. The van der Waals surface area contributed by atoms with Crippen LogP contribution in [0, 0.1) is 17.8 Å². The molecule has 2 bridgehead atoms. The van der Waals surface area contributed by atoms with E-state index in [0.717, 1.165) is 17.8 Å². The maximum atomic E-state index is 6.54. The van der Waals surface area contributed by atoms with Gasteiger partial charge in [0.25, 0.3) is 0 Å². The molecule has 0 aromatic heterocycles. The molecule has 0 aliphatic heterocycles. The van der Waals surface area contributed by atoms with Crippen molar-refractivity contribution in [3.63, 3.8) is 0 Å². The van der Waals surface area contributed by atoms with Crippen molar-refractivity contribution in [1.82, 2.24) is 0 Å². The molecule has 0 heterocycles. The highest BCUT2D eigenvalue weighted by atomic mass is 14.6. The van der Waals surface area contributed by atoms with Crippen LogP contribution < -0.4 is 5.73 Å². The van der Waals surface area contributed by atoms with Gasteiger partial charge in [-0.15, -0.1) is 0 Å². The van der Waals surface area contributed by atoms with E-state index in [1.807, 2.05) is 0 Å². The van der Waals surface area contributed by atoms with Gasteiger partial charge < -0.3 is 5.73 Å². The lowest BCUT2D eigenvalue weighted by molar-refractivity contribution is 0.296. The molecule has 1 nitrogen and oxygen atoms in total. The van der Waals surface area contributed by atoms with E-state index in [2.05, 4.69) is 18.2 Å². The average molecular weight is 269 g/mol. The Labute approximate surface area is 122 Å². The summed E-state index contributed by atoms with van der Waals surface area (Å²) in [5.41, 5.74) is 11.1. The number of hydrogen-bond donors (Lipinski definition) is 1. The second-order valence-electron chi connectivity index (χ2n) is 7.51. The predicted octanol–water partition coefficient (Wildman–Crippen LogP) is 4.39. The molecule has 1 aromatic carbocycles. The molecule has 0 radical (unpaired) electrons. The summed E-state index contributed by atoms with van der Waals surface area (Å²) in [4.78, 5) is 0. The van der Waals surface area contributed by atoms with Crippen LogP contribution in [-0.2, 0) is 12.8 Å². The Hall–Kier alpha value is -0.820. The van der Waals surface area contributed by atoms with E-state index < -0.39 is 0 Å². The standard InChI is InChI=1S/C19H27N/c20-19(12-18-10-13-5-6-16(18)9-13)17-8-7-14-3-1-2-4-15(14)11-17/h7-8,11,13,16,18-19H,1-6,9-10,12,20H2. The van der Waals surface area contributed by atoms with Crippen LogP contribution in [0.4, 0.5) is 0 Å². The third-order valence-corrected chi connectivity index (χ3v) is 6.24. The first kappa shape index (κ1) is 12.9. The maximum Gasteiger partial charge on any atom is 0.0297 e. The summed E-state index contributed by atoms with van der Waals surface area (Å²) in [6.07, 6.45) is 12.4. The maximum absolute atomic E-state index is 6.54. The molecular formula is C19H27N. The lowest BCUT2D eigenvalue weighted by Gasteiger charge is -2.26. The zero-order chi connectivity index (χ0) is 13.5.